The van der Waals surface area contributed by atoms with E-state index >= 15 is 0 Å². The highest BCUT2D eigenvalue weighted by Crippen LogP contribution is 2.10. The van der Waals surface area contributed by atoms with Gasteiger partial charge >= 0.3 is 0 Å². The molecule has 1 rings (SSSR count). The molecule has 0 aromatic rings. The maximum absolute atomic E-state index is 5.59. The minimum absolute atomic E-state index is 0. The summed E-state index contributed by atoms with van der Waals surface area (Å²) in [5.41, 5.74) is 0. The quantitative estimate of drug-likeness (QED) is 0.210. The highest BCUT2D eigenvalue weighted by atomic mass is 127. The smallest absolute Gasteiger partial charge is 0.191 e. The predicted octanol–water partition coefficient (Wildman–Crippen LogP) is 2.48. The van der Waals surface area contributed by atoms with E-state index in [9.17, 15) is 0 Å². The first kappa shape index (κ1) is 24.9. The SMILES string of the molecule is CCCCOCCCNC(=NCC(C)N1CCOCC1C)NCC.I. The molecule has 1 heterocycles. The van der Waals surface area contributed by atoms with Gasteiger partial charge in [-0.3, -0.25) is 9.89 Å². The highest BCUT2D eigenvalue weighted by molar-refractivity contribution is 14.0. The van der Waals surface area contributed by atoms with Crippen molar-refractivity contribution in [1.82, 2.24) is 15.5 Å². The van der Waals surface area contributed by atoms with E-state index in [2.05, 4.69) is 43.2 Å². The number of ether oxygens (including phenoxy) is 2. The summed E-state index contributed by atoms with van der Waals surface area (Å²) in [7, 11) is 0. The minimum Gasteiger partial charge on any atom is -0.381 e. The van der Waals surface area contributed by atoms with Gasteiger partial charge in [-0.25, -0.2) is 0 Å². The fourth-order valence-electron chi connectivity index (χ4n) is 2.79. The van der Waals surface area contributed by atoms with Crippen LogP contribution in [0.2, 0.25) is 0 Å². The number of unbranched alkanes of at least 4 members (excludes halogenated alkanes) is 1. The van der Waals surface area contributed by atoms with Crippen LogP contribution in [0.15, 0.2) is 4.99 Å². The number of hydrogen-bond donors (Lipinski definition) is 2. The summed E-state index contributed by atoms with van der Waals surface area (Å²) < 4.78 is 11.1. The van der Waals surface area contributed by atoms with Gasteiger partial charge in [0.2, 0.25) is 0 Å². The fraction of sp³-hybridized carbons (Fsp3) is 0.944. The molecule has 6 nitrogen and oxygen atoms in total. The molecule has 1 fully saturated rings. The molecule has 0 spiro atoms. The summed E-state index contributed by atoms with van der Waals surface area (Å²) in [6.45, 7) is 15.7. The number of halogens is 1. The molecular formula is C18H39IN4O2. The van der Waals surface area contributed by atoms with Gasteiger partial charge in [-0.2, -0.15) is 0 Å². The van der Waals surface area contributed by atoms with Crippen molar-refractivity contribution in [3.8, 4) is 0 Å². The number of nitrogens with one attached hydrogen (secondary N) is 2. The minimum atomic E-state index is 0. The van der Waals surface area contributed by atoms with Crippen molar-refractivity contribution in [3.63, 3.8) is 0 Å². The van der Waals surface area contributed by atoms with Crippen molar-refractivity contribution in [2.75, 3.05) is 52.6 Å². The molecule has 0 aliphatic carbocycles. The first-order chi connectivity index (χ1) is 11.7. The van der Waals surface area contributed by atoms with E-state index in [1.165, 1.54) is 6.42 Å². The van der Waals surface area contributed by atoms with E-state index in [4.69, 9.17) is 14.5 Å². The molecule has 1 aliphatic rings. The summed E-state index contributed by atoms with van der Waals surface area (Å²) in [6.07, 6.45) is 3.34. The Balaban J connectivity index is 0.00000576. The highest BCUT2D eigenvalue weighted by Gasteiger charge is 2.23. The Morgan fingerprint density at radius 3 is 2.72 bits per heavy atom. The van der Waals surface area contributed by atoms with Crippen LogP contribution >= 0.6 is 24.0 Å². The molecule has 2 N–H and O–H groups in total. The second-order valence-electron chi connectivity index (χ2n) is 6.48. The van der Waals surface area contributed by atoms with Gasteiger partial charge < -0.3 is 20.1 Å². The van der Waals surface area contributed by atoms with Crippen molar-refractivity contribution in [3.05, 3.63) is 0 Å². The van der Waals surface area contributed by atoms with Gasteiger partial charge in [0.25, 0.3) is 0 Å². The van der Waals surface area contributed by atoms with E-state index in [0.717, 1.165) is 71.4 Å². The molecule has 1 saturated heterocycles. The maximum Gasteiger partial charge on any atom is 0.191 e. The van der Waals surface area contributed by atoms with Crippen LogP contribution in [0.3, 0.4) is 0 Å². The number of rotatable bonds is 11. The first-order valence-corrected chi connectivity index (χ1v) is 9.62. The molecule has 0 aromatic carbocycles. The summed E-state index contributed by atoms with van der Waals surface area (Å²) in [5, 5.41) is 6.71. The zero-order chi connectivity index (χ0) is 17.6. The van der Waals surface area contributed by atoms with E-state index in [1.807, 2.05) is 0 Å². The number of guanidine groups is 1. The van der Waals surface area contributed by atoms with Gasteiger partial charge in [0.15, 0.2) is 5.96 Å². The third-order valence-corrected chi connectivity index (χ3v) is 4.24. The monoisotopic (exact) mass is 470 g/mol. The Morgan fingerprint density at radius 2 is 2.04 bits per heavy atom. The van der Waals surface area contributed by atoms with Gasteiger partial charge in [0.1, 0.15) is 0 Å². The number of aliphatic imine (C=N–C) groups is 1. The van der Waals surface area contributed by atoms with Gasteiger partial charge in [-0.15, -0.1) is 24.0 Å². The average Bonchev–Trinajstić information content (AvgIpc) is 2.59. The summed E-state index contributed by atoms with van der Waals surface area (Å²) in [5.74, 6) is 0.902. The normalized spacial score (nSPS) is 20.0. The molecular weight excluding hydrogens is 431 g/mol. The molecule has 25 heavy (non-hydrogen) atoms. The lowest BCUT2D eigenvalue weighted by Gasteiger charge is -2.37. The third-order valence-electron chi connectivity index (χ3n) is 4.24. The average molecular weight is 470 g/mol. The third kappa shape index (κ3) is 11.2. The van der Waals surface area contributed by atoms with Crippen LogP contribution in [-0.4, -0.2) is 75.5 Å². The number of nitrogens with zero attached hydrogens (tertiary/aromatic N) is 2. The van der Waals surface area contributed by atoms with Crippen molar-refractivity contribution < 1.29 is 9.47 Å². The predicted molar refractivity (Wildman–Crippen MR) is 116 cm³/mol. The molecule has 150 valence electrons. The fourth-order valence-corrected chi connectivity index (χ4v) is 2.79. The molecule has 0 saturated carbocycles. The Morgan fingerprint density at radius 1 is 1.28 bits per heavy atom. The van der Waals surface area contributed by atoms with Crippen LogP contribution in [0.5, 0.6) is 0 Å². The van der Waals surface area contributed by atoms with E-state index in [0.29, 0.717) is 12.1 Å². The van der Waals surface area contributed by atoms with Gasteiger partial charge in [0, 0.05) is 44.9 Å². The van der Waals surface area contributed by atoms with E-state index < -0.39 is 0 Å². The van der Waals surface area contributed by atoms with Crippen LogP contribution in [0.1, 0.15) is 47.0 Å². The van der Waals surface area contributed by atoms with Crippen LogP contribution in [0.25, 0.3) is 0 Å². The Bertz CT molecular complexity index is 345. The summed E-state index contributed by atoms with van der Waals surface area (Å²) in [4.78, 5) is 7.23. The second kappa shape index (κ2) is 16.1. The Hall–Kier alpha value is -0.120. The largest absolute Gasteiger partial charge is 0.381 e. The maximum atomic E-state index is 5.59. The molecule has 0 radical (unpaired) electrons. The van der Waals surface area contributed by atoms with Crippen molar-refractivity contribution in [1.29, 1.82) is 0 Å². The number of hydrogen-bond acceptors (Lipinski definition) is 4. The van der Waals surface area contributed by atoms with Crippen LogP contribution in [0.4, 0.5) is 0 Å². The van der Waals surface area contributed by atoms with Crippen molar-refractivity contribution in [2.45, 2.75) is 59.0 Å². The van der Waals surface area contributed by atoms with Gasteiger partial charge in [-0.05, 0) is 33.6 Å². The van der Waals surface area contributed by atoms with Gasteiger partial charge in [0.05, 0.1) is 19.8 Å². The van der Waals surface area contributed by atoms with E-state index in [-0.39, 0.29) is 24.0 Å². The zero-order valence-corrected chi connectivity index (χ0v) is 18.9. The summed E-state index contributed by atoms with van der Waals surface area (Å²) in [6, 6.07) is 0.900. The van der Waals surface area contributed by atoms with E-state index in [1.54, 1.807) is 0 Å². The lowest BCUT2D eigenvalue weighted by Crippen LogP contribution is -2.49. The molecule has 1 aliphatic heterocycles. The second-order valence-corrected chi connectivity index (χ2v) is 6.48. The van der Waals surface area contributed by atoms with Crippen LogP contribution in [-0.2, 0) is 9.47 Å². The molecule has 7 heteroatoms. The topological polar surface area (TPSA) is 58.1 Å². The lowest BCUT2D eigenvalue weighted by atomic mass is 10.2. The molecule has 2 atom stereocenters. The van der Waals surface area contributed by atoms with Gasteiger partial charge in [-0.1, -0.05) is 13.3 Å². The van der Waals surface area contributed by atoms with Crippen LogP contribution in [0, 0.1) is 0 Å². The molecule has 2 unspecified atom stereocenters. The van der Waals surface area contributed by atoms with Crippen molar-refractivity contribution in [2.24, 2.45) is 4.99 Å². The standard InChI is InChI=1S/C18H38N4O2.HI/c1-5-7-11-23-12-8-9-20-18(19-6-2)21-14-16(3)22-10-13-24-15-17(22)4;/h16-17H,5-15H2,1-4H3,(H2,19,20,21);1H. The Kier molecular flexibility index (Phi) is 16.0. The summed E-state index contributed by atoms with van der Waals surface area (Å²) >= 11 is 0. The zero-order valence-electron chi connectivity index (χ0n) is 16.6. The van der Waals surface area contributed by atoms with Crippen LogP contribution < -0.4 is 10.6 Å². The molecule has 0 aromatic heterocycles. The molecule has 0 amide bonds. The van der Waals surface area contributed by atoms with Crippen molar-refractivity contribution >= 4 is 29.9 Å². The first-order valence-electron chi connectivity index (χ1n) is 9.62. The molecule has 0 bridgehead atoms. The Labute approximate surface area is 171 Å². The number of morpholine rings is 1. The lowest BCUT2D eigenvalue weighted by molar-refractivity contribution is -0.0165.